The van der Waals surface area contributed by atoms with Crippen LogP contribution in [0.2, 0.25) is 0 Å². The number of imide groups is 1. The molecule has 4 rings (SSSR count). The molecule has 0 aromatic heterocycles. The normalized spacial score (nSPS) is 15.8. The lowest BCUT2D eigenvalue weighted by Crippen LogP contribution is -2.57. The number of urea groups is 1. The Kier molecular flexibility index (Phi) is 8.99. The summed E-state index contributed by atoms with van der Waals surface area (Å²) in [5.41, 5.74) is -3.31. The van der Waals surface area contributed by atoms with Crippen LogP contribution in [0.3, 0.4) is 0 Å². The molecule has 9 heteroatoms. The molecule has 1 unspecified atom stereocenters. The van der Waals surface area contributed by atoms with E-state index in [2.05, 4.69) is 5.32 Å². The predicted octanol–water partition coefficient (Wildman–Crippen LogP) is 4.54. The standard InChI is InChI=1S/C35H41N2O6P/c1-33(2,3)42-29(38)27(37-31(40)35(7,8)36-32(37)41)28(30(39)43-34(4,5)6)44(24-18-12-9-13-19-24,25-20-14-10-15-21-25)26-22-16-11-17-23-26/h9-23,27H,1-8H3,(H,36,41). The third-order valence-electron chi connectivity index (χ3n) is 6.94. The van der Waals surface area contributed by atoms with E-state index >= 15 is 0 Å². The zero-order valence-electron chi connectivity index (χ0n) is 26.6. The molecule has 232 valence electrons. The smallest absolute Gasteiger partial charge is 0.338 e. The van der Waals surface area contributed by atoms with Gasteiger partial charge in [-0.05, 0) is 78.2 Å². The van der Waals surface area contributed by atoms with E-state index in [1.807, 2.05) is 91.0 Å². The first kappa shape index (κ1) is 32.7. The molecular formula is C35H41N2O6P. The van der Waals surface area contributed by atoms with Crippen LogP contribution in [0.5, 0.6) is 0 Å². The van der Waals surface area contributed by atoms with Crippen LogP contribution < -0.4 is 21.2 Å². The van der Waals surface area contributed by atoms with Crippen LogP contribution in [-0.4, -0.2) is 56.9 Å². The zero-order chi connectivity index (χ0) is 32.5. The third-order valence-corrected chi connectivity index (χ3v) is 11.3. The Morgan fingerprint density at radius 1 is 0.705 bits per heavy atom. The highest BCUT2D eigenvalue weighted by Crippen LogP contribution is 2.48. The van der Waals surface area contributed by atoms with E-state index in [0.29, 0.717) is 0 Å². The lowest BCUT2D eigenvalue weighted by Gasteiger charge is -2.38. The number of rotatable bonds is 7. The van der Waals surface area contributed by atoms with Crippen molar-refractivity contribution in [1.82, 2.24) is 10.2 Å². The van der Waals surface area contributed by atoms with Gasteiger partial charge in [0.05, 0.1) is 5.29 Å². The Morgan fingerprint density at radius 3 is 1.41 bits per heavy atom. The Labute approximate surface area is 259 Å². The molecule has 1 saturated heterocycles. The van der Waals surface area contributed by atoms with Crippen molar-refractivity contribution >= 4 is 52.0 Å². The number of amides is 3. The first-order valence-corrected chi connectivity index (χ1v) is 16.3. The maximum absolute atomic E-state index is 14.9. The molecule has 0 aliphatic carbocycles. The van der Waals surface area contributed by atoms with Crippen molar-refractivity contribution in [3.63, 3.8) is 0 Å². The van der Waals surface area contributed by atoms with Crippen LogP contribution in [0.25, 0.3) is 0 Å². The van der Waals surface area contributed by atoms with Gasteiger partial charge in [0.2, 0.25) is 0 Å². The fraction of sp³-hybridized carbons (Fsp3) is 0.343. The van der Waals surface area contributed by atoms with E-state index in [1.165, 1.54) is 0 Å². The van der Waals surface area contributed by atoms with Gasteiger partial charge in [-0.2, -0.15) is 0 Å². The molecule has 44 heavy (non-hydrogen) atoms. The fourth-order valence-electron chi connectivity index (χ4n) is 5.29. The fourth-order valence-corrected chi connectivity index (χ4v) is 9.78. The first-order chi connectivity index (χ1) is 20.5. The number of carbonyl (C=O) groups excluding carboxylic acids is 4. The number of nitrogens with zero attached hydrogens (tertiary/aromatic N) is 1. The Bertz CT molecular complexity index is 1500. The lowest BCUT2D eigenvalue weighted by molar-refractivity contribution is -0.161. The number of carbonyl (C=O) groups is 4. The molecule has 8 nitrogen and oxygen atoms in total. The molecule has 3 amide bonds. The molecule has 0 spiro atoms. The monoisotopic (exact) mass is 616 g/mol. The van der Waals surface area contributed by atoms with Crippen molar-refractivity contribution in [3.8, 4) is 0 Å². The summed E-state index contributed by atoms with van der Waals surface area (Å²) in [7, 11) is 0. The number of hydrogen-bond donors (Lipinski definition) is 1. The summed E-state index contributed by atoms with van der Waals surface area (Å²) < 4.78 is 12.0. The van der Waals surface area contributed by atoms with E-state index in [1.54, 1.807) is 55.4 Å². The molecule has 1 aliphatic heterocycles. The number of benzene rings is 3. The van der Waals surface area contributed by atoms with E-state index < -0.39 is 53.5 Å². The number of nitrogens with one attached hydrogen (secondary N) is 1. The van der Waals surface area contributed by atoms with Gasteiger partial charge in [0.15, 0.2) is 6.04 Å². The van der Waals surface area contributed by atoms with E-state index in [9.17, 15) is 19.2 Å². The van der Waals surface area contributed by atoms with E-state index in [4.69, 9.17) is 9.47 Å². The Balaban J connectivity index is 2.33. The summed E-state index contributed by atoms with van der Waals surface area (Å²) in [5, 5.41) is 4.85. The second-order valence-corrected chi connectivity index (χ2v) is 16.6. The van der Waals surface area contributed by atoms with Crippen LogP contribution in [0, 0.1) is 0 Å². The lowest BCUT2D eigenvalue weighted by atomic mass is 10.0. The number of hydrogen-bond acceptors (Lipinski definition) is 6. The molecule has 3 aromatic carbocycles. The molecule has 1 fully saturated rings. The van der Waals surface area contributed by atoms with Gasteiger partial charge in [-0.3, -0.25) is 4.79 Å². The summed E-state index contributed by atoms with van der Waals surface area (Å²) in [6.45, 7) is 10.0. The number of esters is 2. The van der Waals surface area contributed by atoms with Gasteiger partial charge in [-0.25, -0.2) is 19.3 Å². The van der Waals surface area contributed by atoms with Gasteiger partial charge in [-0.15, -0.1) is 0 Å². The molecule has 0 saturated carbocycles. The zero-order valence-corrected chi connectivity index (χ0v) is 27.5. The minimum Gasteiger partial charge on any atom is -0.458 e. The predicted molar refractivity (Wildman–Crippen MR) is 175 cm³/mol. The average molecular weight is 617 g/mol. The van der Waals surface area contributed by atoms with Gasteiger partial charge in [0, 0.05) is 0 Å². The summed E-state index contributed by atoms with van der Waals surface area (Å²) in [4.78, 5) is 57.9. The van der Waals surface area contributed by atoms with Crippen LogP contribution >= 0.6 is 6.89 Å². The minimum absolute atomic E-state index is 0.0357. The highest BCUT2D eigenvalue weighted by atomic mass is 31.2. The molecule has 1 N–H and O–H groups in total. The number of ether oxygens (including phenoxy) is 2. The topological polar surface area (TPSA) is 102 Å². The quantitative estimate of drug-likeness (QED) is 0.238. The van der Waals surface area contributed by atoms with Crippen LogP contribution in [0.4, 0.5) is 4.79 Å². The first-order valence-electron chi connectivity index (χ1n) is 14.5. The molecule has 1 aliphatic rings. The van der Waals surface area contributed by atoms with Gasteiger partial charge in [0.25, 0.3) is 5.91 Å². The van der Waals surface area contributed by atoms with Crippen LogP contribution in [0.1, 0.15) is 55.4 Å². The molecule has 0 radical (unpaired) electrons. The Morgan fingerprint density at radius 2 is 1.09 bits per heavy atom. The molecule has 3 aromatic rings. The molecule has 1 atom stereocenters. The van der Waals surface area contributed by atoms with Gasteiger partial charge >= 0.3 is 18.0 Å². The van der Waals surface area contributed by atoms with Crippen molar-refractivity contribution in [2.75, 3.05) is 0 Å². The van der Waals surface area contributed by atoms with Crippen LogP contribution in [0.15, 0.2) is 91.0 Å². The highest BCUT2D eigenvalue weighted by molar-refractivity contribution is 7.96. The summed E-state index contributed by atoms with van der Waals surface area (Å²) in [6, 6.07) is 25.7. The maximum Gasteiger partial charge on any atom is 0.338 e. The second kappa shape index (κ2) is 12.1. The Hall–Kier alpha value is -4.16. The van der Waals surface area contributed by atoms with Crippen molar-refractivity contribution in [1.29, 1.82) is 0 Å². The van der Waals surface area contributed by atoms with Gasteiger partial charge in [-0.1, -0.05) is 91.0 Å². The maximum atomic E-state index is 14.9. The van der Waals surface area contributed by atoms with Gasteiger partial charge in [0.1, 0.15) is 16.7 Å². The average Bonchev–Trinajstić information content (AvgIpc) is 3.14. The SMILES string of the molecule is CC(C)(C)OC(=O)C(C(C(=O)OC(C)(C)C)N1C(=O)NC(C)(C)C1=O)=P(c1ccccc1)(c1ccccc1)c1ccccc1. The molecular weight excluding hydrogens is 575 g/mol. The van der Waals surface area contributed by atoms with Crippen molar-refractivity contribution in [2.24, 2.45) is 0 Å². The summed E-state index contributed by atoms with van der Waals surface area (Å²) in [6.07, 6.45) is 0. The largest absolute Gasteiger partial charge is 0.458 e. The van der Waals surface area contributed by atoms with Crippen LogP contribution in [-0.2, 0) is 23.9 Å². The summed E-state index contributed by atoms with van der Waals surface area (Å²) >= 11 is 0. The summed E-state index contributed by atoms with van der Waals surface area (Å²) in [5.74, 6) is -2.37. The molecule has 0 bridgehead atoms. The van der Waals surface area contributed by atoms with Crippen molar-refractivity contribution in [2.45, 2.75) is 78.2 Å². The van der Waals surface area contributed by atoms with Crippen molar-refractivity contribution in [3.05, 3.63) is 91.0 Å². The highest BCUT2D eigenvalue weighted by Gasteiger charge is 2.55. The second-order valence-electron chi connectivity index (χ2n) is 13.2. The van der Waals surface area contributed by atoms with Crippen molar-refractivity contribution < 1.29 is 28.7 Å². The van der Waals surface area contributed by atoms with E-state index in [-0.39, 0.29) is 5.29 Å². The van der Waals surface area contributed by atoms with Gasteiger partial charge < -0.3 is 14.8 Å². The minimum atomic E-state index is -3.36. The van der Waals surface area contributed by atoms with E-state index in [0.717, 1.165) is 20.8 Å². The molecule has 1 heterocycles. The third kappa shape index (κ3) is 6.51.